The van der Waals surface area contributed by atoms with Crippen molar-refractivity contribution in [2.45, 2.75) is 52.2 Å². The predicted molar refractivity (Wildman–Crippen MR) is 77.5 cm³/mol. The molecule has 0 saturated heterocycles. The minimum Gasteiger partial charge on any atom is -0.375 e. The molecule has 0 fully saturated rings. The molecule has 102 valence electrons. The van der Waals surface area contributed by atoms with E-state index in [1.54, 1.807) is 7.11 Å². The van der Waals surface area contributed by atoms with Crippen molar-refractivity contribution in [3.05, 3.63) is 35.9 Å². The van der Waals surface area contributed by atoms with Crippen molar-refractivity contribution in [1.29, 1.82) is 0 Å². The van der Waals surface area contributed by atoms with Crippen molar-refractivity contribution in [2.75, 3.05) is 7.11 Å². The summed E-state index contributed by atoms with van der Waals surface area (Å²) < 4.78 is 5.56. The van der Waals surface area contributed by atoms with E-state index in [9.17, 15) is 0 Å². The minimum absolute atomic E-state index is 0.00571. The average Bonchev–Trinajstić information content (AvgIpc) is 2.29. The fourth-order valence-electron chi connectivity index (χ4n) is 2.22. The summed E-state index contributed by atoms with van der Waals surface area (Å²) in [5.74, 6) is 0. The molecule has 0 aliphatic heterocycles. The van der Waals surface area contributed by atoms with Crippen LogP contribution < -0.4 is 5.73 Å². The number of benzene rings is 1. The van der Waals surface area contributed by atoms with E-state index in [4.69, 9.17) is 10.5 Å². The van der Waals surface area contributed by atoms with Gasteiger partial charge >= 0.3 is 0 Å². The van der Waals surface area contributed by atoms with Gasteiger partial charge in [0.15, 0.2) is 0 Å². The Morgan fingerprint density at radius 1 is 1.17 bits per heavy atom. The van der Waals surface area contributed by atoms with Gasteiger partial charge in [0.05, 0.1) is 6.10 Å². The molecule has 0 bridgehead atoms. The van der Waals surface area contributed by atoms with Gasteiger partial charge in [-0.2, -0.15) is 0 Å². The van der Waals surface area contributed by atoms with Gasteiger partial charge in [-0.1, -0.05) is 57.5 Å². The lowest BCUT2D eigenvalue weighted by molar-refractivity contribution is 0.0759. The van der Waals surface area contributed by atoms with E-state index in [-0.39, 0.29) is 12.1 Å². The van der Waals surface area contributed by atoms with Crippen molar-refractivity contribution < 1.29 is 4.74 Å². The Balaban J connectivity index is 2.51. The van der Waals surface area contributed by atoms with E-state index in [1.165, 1.54) is 12.0 Å². The highest BCUT2D eigenvalue weighted by molar-refractivity contribution is 5.19. The van der Waals surface area contributed by atoms with Crippen LogP contribution in [-0.4, -0.2) is 13.2 Å². The summed E-state index contributed by atoms with van der Waals surface area (Å²) in [4.78, 5) is 0. The lowest BCUT2D eigenvalue weighted by Crippen LogP contribution is -2.30. The van der Waals surface area contributed by atoms with Gasteiger partial charge in [-0.05, 0) is 23.8 Å². The van der Waals surface area contributed by atoms with Crippen molar-refractivity contribution in [2.24, 2.45) is 11.1 Å². The molecule has 2 heteroatoms. The molecular weight excluding hydrogens is 222 g/mol. The zero-order chi connectivity index (χ0) is 13.6. The van der Waals surface area contributed by atoms with E-state index in [0.29, 0.717) is 5.41 Å². The number of ether oxygens (including phenoxy) is 1. The van der Waals surface area contributed by atoms with Crippen LogP contribution in [0.5, 0.6) is 0 Å². The van der Waals surface area contributed by atoms with Gasteiger partial charge in [0.25, 0.3) is 0 Å². The lowest BCUT2D eigenvalue weighted by Gasteiger charge is -2.25. The standard InChI is InChI=1S/C16H27NO/c1-16(2,3)12-8-11-14(17)15(18-4)13-9-6-5-7-10-13/h5-7,9-10,14-15H,8,11-12,17H2,1-4H3. The van der Waals surface area contributed by atoms with Crippen molar-refractivity contribution in [3.63, 3.8) is 0 Å². The Labute approximate surface area is 112 Å². The van der Waals surface area contributed by atoms with Gasteiger partial charge in [0.2, 0.25) is 0 Å². The number of methoxy groups -OCH3 is 1. The zero-order valence-electron chi connectivity index (χ0n) is 12.1. The third-order valence-electron chi connectivity index (χ3n) is 3.24. The topological polar surface area (TPSA) is 35.2 Å². The molecule has 0 heterocycles. The molecule has 2 unspecified atom stereocenters. The van der Waals surface area contributed by atoms with E-state index in [1.807, 2.05) is 18.2 Å². The first kappa shape index (κ1) is 15.2. The smallest absolute Gasteiger partial charge is 0.0971 e. The molecule has 1 aromatic carbocycles. The fraction of sp³-hybridized carbons (Fsp3) is 0.625. The van der Waals surface area contributed by atoms with Crippen LogP contribution in [0.2, 0.25) is 0 Å². The highest BCUT2D eigenvalue weighted by Crippen LogP contribution is 2.26. The Hall–Kier alpha value is -0.860. The van der Waals surface area contributed by atoms with Gasteiger partial charge in [0.1, 0.15) is 0 Å². The molecule has 18 heavy (non-hydrogen) atoms. The van der Waals surface area contributed by atoms with E-state index >= 15 is 0 Å². The van der Waals surface area contributed by atoms with E-state index < -0.39 is 0 Å². The lowest BCUT2D eigenvalue weighted by atomic mass is 9.88. The molecule has 2 nitrogen and oxygen atoms in total. The maximum absolute atomic E-state index is 6.26. The summed E-state index contributed by atoms with van der Waals surface area (Å²) in [5.41, 5.74) is 7.82. The maximum atomic E-state index is 6.26. The van der Waals surface area contributed by atoms with Crippen LogP contribution in [0, 0.1) is 5.41 Å². The van der Waals surface area contributed by atoms with Gasteiger partial charge in [-0.3, -0.25) is 0 Å². The zero-order valence-corrected chi connectivity index (χ0v) is 12.1. The highest BCUT2D eigenvalue weighted by atomic mass is 16.5. The molecular formula is C16H27NO. The first-order valence-corrected chi connectivity index (χ1v) is 6.77. The Morgan fingerprint density at radius 3 is 2.28 bits per heavy atom. The van der Waals surface area contributed by atoms with Gasteiger partial charge in [-0.25, -0.2) is 0 Å². The van der Waals surface area contributed by atoms with Crippen LogP contribution in [0.4, 0.5) is 0 Å². The number of hydrogen-bond donors (Lipinski definition) is 1. The number of nitrogens with two attached hydrogens (primary N) is 1. The monoisotopic (exact) mass is 249 g/mol. The van der Waals surface area contributed by atoms with E-state index in [2.05, 4.69) is 32.9 Å². The molecule has 1 rings (SSSR count). The molecule has 0 saturated carbocycles. The molecule has 0 aliphatic carbocycles. The molecule has 0 aromatic heterocycles. The number of rotatable bonds is 6. The van der Waals surface area contributed by atoms with Crippen LogP contribution in [0.25, 0.3) is 0 Å². The number of hydrogen-bond acceptors (Lipinski definition) is 2. The summed E-state index contributed by atoms with van der Waals surface area (Å²) in [5, 5.41) is 0. The second-order valence-electron chi connectivity index (χ2n) is 6.18. The van der Waals surface area contributed by atoms with Crippen LogP contribution in [-0.2, 0) is 4.74 Å². The minimum atomic E-state index is 0.00571. The van der Waals surface area contributed by atoms with Crippen molar-refractivity contribution in [3.8, 4) is 0 Å². The van der Waals surface area contributed by atoms with Crippen LogP contribution in [0.15, 0.2) is 30.3 Å². The van der Waals surface area contributed by atoms with Crippen LogP contribution >= 0.6 is 0 Å². The van der Waals surface area contributed by atoms with Crippen molar-refractivity contribution >= 4 is 0 Å². The molecule has 0 aliphatic rings. The largest absolute Gasteiger partial charge is 0.375 e. The van der Waals surface area contributed by atoms with Gasteiger partial charge in [-0.15, -0.1) is 0 Å². The summed E-state index contributed by atoms with van der Waals surface area (Å²) >= 11 is 0. The highest BCUT2D eigenvalue weighted by Gasteiger charge is 2.19. The maximum Gasteiger partial charge on any atom is 0.0971 e. The summed E-state index contributed by atoms with van der Waals surface area (Å²) in [6, 6.07) is 10.3. The first-order valence-electron chi connectivity index (χ1n) is 6.77. The normalized spacial score (nSPS) is 15.4. The van der Waals surface area contributed by atoms with Crippen LogP contribution in [0.3, 0.4) is 0 Å². The Bertz CT molecular complexity index is 329. The molecule has 0 amide bonds. The van der Waals surface area contributed by atoms with E-state index in [0.717, 1.165) is 12.8 Å². The Morgan fingerprint density at radius 2 is 1.78 bits per heavy atom. The molecule has 1 aromatic rings. The van der Waals surface area contributed by atoms with Crippen molar-refractivity contribution in [1.82, 2.24) is 0 Å². The summed E-state index contributed by atoms with van der Waals surface area (Å²) in [6.07, 6.45) is 3.36. The van der Waals surface area contributed by atoms with Gasteiger partial charge in [0, 0.05) is 13.2 Å². The SMILES string of the molecule is COC(c1ccccc1)C(N)CCCC(C)(C)C. The third kappa shape index (κ3) is 5.19. The summed E-state index contributed by atoms with van der Waals surface area (Å²) in [7, 11) is 1.74. The van der Waals surface area contributed by atoms with Crippen LogP contribution in [0.1, 0.15) is 51.7 Å². The second kappa shape index (κ2) is 6.91. The fourth-order valence-corrected chi connectivity index (χ4v) is 2.22. The Kier molecular flexibility index (Phi) is 5.83. The third-order valence-corrected chi connectivity index (χ3v) is 3.24. The molecule has 0 radical (unpaired) electrons. The molecule has 0 spiro atoms. The first-order chi connectivity index (χ1) is 8.44. The summed E-state index contributed by atoms with van der Waals surface area (Å²) in [6.45, 7) is 6.80. The molecule has 2 N–H and O–H groups in total. The average molecular weight is 249 g/mol. The van der Waals surface area contributed by atoms with Gasteiger partial charge < -0.3 is 10.5 Å². The second-order valence-corrected chi connectivity index (χ2v) is 6.18. The quantitative estimate of drug-likeness (QED) is 0.829. The molecule has 2 atom stereocenters. The predicted octanol–water partition coefficient (Wildman–Crippen LogP) is 3.92.